The van der Waals surface area contributed by atoms with E-state index in [0.717, 1.165) is 30.8 Å². The third kappa shape index (κ3) is 4.71. The number of ether oxygens (including phenoxy) is 1. The molecule has 0 bridgehead atoms. The Morgan fingerprint density at radius 2 is 2.41 bits per heavy atom. The fourth-order valence-electron chi connectivity index (χ4n) is 2.36. The molecule has 6 nitrogen and oxygen atoms in total. The van der Waals surface area contributed by atoms with Crippen LogP contribution >= 0.6 is 11.8 Å². The predicted molar refractivity (Wildman–Crippen MR) is 86.4 cm³/mol. The van der Waals surface area contributed by atoms with Crippen LogP contribution in [0.5, 0.6) is 0 Å². The van der Waals surface area contributed by atoms with Gasteiger partial charge in [-0.1, -0.05) is 11.8 Å². The molecule has 1 saturated heterocycles. The molecule has 0 aliphatic carbocycles. The number of esters is 1. The van der Waals surface area contributed by atoms with Crippen LogP contribution in [0.2, 0.25) is 0 Å². The number of imidazole rings is 1. The first kappa shape index (κ1) is 16.8. The third-order valence-corrected chi connectivity index (χ3v) is 4.47. The van der Waals surface area contributed by atoms with Crippen molar-refractivity contribution in [2.75, 3.05) is 19.7 Å². The summed E-state index contributed by atoms with van der Waals surface area (Å²) in [5, 5.41) is 3.62. The largest absolute Gasteiger partial charge is 0.465 e. The number of hydrogen-bond acceptors (Lipinski definition) is 6. The number of carbonyl (C=O) groups is 2. The highest BCUT2D eigenvalue weighted by Gasteiger charge is 2.21. The number of nitrogens with one attached hydrogen (secondary N) is 1. The van der Waals surface area contributed by atoms with E-state index in [1.807, 2.05) is 6.08 Å². The van der Waals surface area contributed by atoms with Crippen molar-refractivity contribution in [3.63, 3.8) is 0 Å². The average Bonchev–Trinajstić information content (AvgIpc) is 2.88. The molecule has 1 unspecified atom stereocenters. The molecule has 0 spiro atoms. The summed E-state index contributed by atoms with van der Waals surface area (Å²) in [4.78, 5) is 27.1. The number of aromatic nitrogens is 2. The molecule has 0 radical (unpaired) electrons. The van der Waals surface area contributed by atoms with Gasteiger partial charge in [0.25, 0.3) is 0 Å². The summed E-state index contributed by atoms with van der Waals surface area (Å²) in [5.74, 6) is -0.281. The Balaban J connectivity index is 2.14. The van der Waals surface area contributed by atoms with Gasteiger partial charge >= 0.3 is 5.97 Å². The molecule has 1 aromatic heterocycles. The SMILES string of the molecule is CCOC(=O)Cn1cncc1/C=C1/CNCCC1SC(C)=O. The number of nitrogens with zero attached hydrogens (tertiary/aromatic N) is 2. The van der Waals surface area contributed by atoms with Gasteiger partial charge in [0.05, 0.1) is 24.8 Å². The van der Waals surface area contributed by atoms with E-state index in [4.69, 9.17) is 4.74 Å². The van der Waals surface area contributed by atoms with Crippen molar-refractivity contribution in [2.24, 2.45) is 0 Å². The second-order valence-corrected chi connectivity index (χ2v) is 6.41. The molecule has 0 amide bonds. The standard InChI is InChI=1S/C15H21N3O3S/c1-3-21-15(20)9-18-10-17-8-13(18)6-12-7-16-5-4-14(12)22-11(2)19/h6,8,10,14,16H,3-5,7,9H2,1-2H3/b12-6-. The minimum atomic E-state index is -0.281. The van der Waals surface area contributed by atoms with E-state index < -0.39 is 0 Å². The van der Waals surface area contributed by atoms with Gasteiger partial charge in [-0.15, -0.1) is 0 Å². The highest BCUT2D eigenvalue weighted by Crippen LogP contribution is 2.27. The summed E-state index contributed by atoms with van der Waals surface area (Å²) in [6.07, 6.45) is 6.27. The van der Waals surface area contributed by atoms with Crippen molar-refractivity contribution in [1.29, 1.82) is 0 Å². The van der Waals surface area contributed by atoms with Crippen LogP contribution in [-0.4, -0.2) is 45.6 Å². The van der Waals surface area contributed by atoms with E-state index in [-0.39, 0.29) is 22.9 Å². The van der Waals surface area contributed by atoms with E-state index in [2.05, 4.69) is 10.3 Å². The van der Waals surface area contributed by atoms with Crippen molar-refractivity contribution in [3.8, 4) is 0 Å². The maximum absolute atomic E-state index is 11.6. The maximum Gasteiger partial charge on any atom is 0.325 e. The molecular formula is C15H21N3O3S. The van der Waals surface area contributed by atoms with Crippen LogP contribution in [0.4, 0.5) is 0 Å². The number of hydrogen-bond donors (Lipinski definition) is 1. The van der Waals surface area contributed by atoms with Gasteiger partial charge in [0.15, 0.2) is 5.12 Å². The van der Waals surface area contributed by atoms with Crippen molar-refractivity contribution in [3.05, 3.63) is 23.8 Å². The molecule has 2 heterocycles. The summed E-state index contributed by atoms with van der Waals surface area (Å²) in [6, 6.07) is 0. The first-order chi connectivity index (χ1) is 10.6. The lowest BCUT2D eigenvalue weighted by Crippen LogP contribution is -2.32. The van der Waals surface area contributed by atoms with Crippen LogP contribution in [0.3, 0.4) is 0 Å². The second-order valence-electron chi connectivity index (χ2n) is 5.03. The van der Waals surface area contributed by atoms with Crippen LogP contribution in [0, 0.1) is 0 Å². The quantitative estimate of drug-likeness (QED) is 0.827. The Hall–Kier alpha value is -1.60. The highest BCUT2D eigenvalue weighted by atomic mass is 32.2. The van der Waals surface area contributed by atoms with E-state index in [9.17, 15) is 9.59 Å². The molecule has 0 aromatic carbocycles. The maximum atomic E-state index is 11.6. The van der Waals surface area contributed by atoms with E-state index >= 15 is 0 Å². The molecule has 0 saturated carbocycles. The normalized spacial score (nSPS) is 20.1. The number of piperidine rings is 1. The second kappa shape index (κ2) is 8.14. The molecule has 7 heteroatoms. The molecule has 1 fully saturated rings. The average molecular weight is 323 g/mol. The fourth-order valence-corrected chi connectivity index (χ4v) is 3.30. The van der Waals surface area contributed by atoms with Crippen molar-refractivity contribution < 1.29 is 14.3 Å². The Morgan fingerprint density at radius 1 is 1.59 bits per heavy atom. The molecule has 2 rings (SSSR count). The van der Waals surface area contributed by atoms with Gasteiger partial charge in [-0.05, 0) is 31.5 Å². The van der Waals surface area contributed by atoms with Crippen LogP contribution in [0.15, 0.2) is 18.1 Å². The molecular weight excluding hydrogens is 302 g/mol. The van der Waals surface area contributed by atoms with Crippen LogP contribution in [0.1, 0.15) is 26.0 Å². The van der Waals surface area contributed by atoms with E-state index in [0.29, 0.717) is 6.61 Å². The molecule has 22 heavy (non-hydrogen) atoms. The summed E-state index contributed by atoms with van der Waals surface area (Å²) in [5.41, 5.74) is 2.00. The lowest BCUT2D eigenvalue weighted by Gasteiger charge is -2.25. The first-order valence-electron chi connectivity index (χ1n) is 7.34. The minimum absolute atomic E-state index is 0.123. The van der Waals surface area contributed by atoms with Gasteiger partial charge in [0, 0.05) is 18.7 Å². The Bertz CT molecular complexity index is 568. The van der Waals surface area contributed by atoms with Crippen LogP contribution in [0.25, 0.3) is 6.08 Å². The van der Waals surface area contributed by atoms with Gasteiger partial charge in [0.2, 0.25) is 0 Å². The fraction of sp³-hybridized carbons (Fsp3) is 0.533. The van der Waals surface area contributed by atoms with Crippen molar-refractivity contribution in [1.82, 2.24) is 14.9 Å². The van der Waals surface area contributed by atoms with Gasteiger partial charge in [0.1, 0.15) is 6.54 Å². The smallest absolute Gasteiger partial charge is 0.325 e. The molecule has 1 atom stereocenters. The number of rotatable bonds is 5. The molecule has 120 valence electrons. The molecule has 1 aromatic rings. The Kier molecular flexibility index (Phi) is 6.21. The lowest BCUT2D eigenvalue weighted by molar-refractivity contribution is -0.143. The first-order valence-corrected chi connectivity index (χ1v) is 8.22. The summed E-state index contributed by atoms with van der Waals surface area (Å²) in [6.45, 7) is 5.54. The zero-order valence-electron chi connectivity index (χ0n) is 12.9. The zero-order valence-corrected chi connectivity index (χ0v) is 13.7. The van der Waals surface area contributed by atoms with Crippen LogP contribution < -0.4 is 5.32 Å². The van der Waals surface area contributed by atoms with E-state index in [1.165, 1.54) is 11.8 Å². The summed E-state index contributed by atoms with van der Waals surface area (Å²) >= 11 is 1.36. The van der Waals surface area contributed by atoms with E-state index in [1.54, 1.807) is 30.9 Å². The topological polar surface area (TPSA) is 73.2 Å². The summed E-state index contributed by atoms with van der Waals surface area (Å²) < 4.78 is 6.72. The van der Waals surface area contributed by atoms with Gasteiger partial charge in [-0.3, -0.25) is 9.59 Å². The predicted octanol–water partition coefficient (Wildman–Crippen LogP) is 1.47. The van der Waals surface area contributed by atoms with Crippen molar-refractivity contribution in [2.45, 2.75) is 32.1 Å². The molecule has 1 N–H and O–H groups in total. The van der Waals surface area contributed by atoms with Crippen molar-refractivity contribution >= 4 is 28.9 Å². The van der Waals surface area contributed by atoms with Crippen LogP contribution in [-0.2, 0) is 20.9 Å². The summed E-state index contributed by atoms with van der Waals surface area (Å²) in [7, 11) is 0. The minimum Gasteiger partial charge on any atom is -0.465 e. The Labute approximate surface area is 134 Å². The molecule has 1 aliphatic rings. The Morgan fingerprint density at radius 3 is 3.14 bits per heavy atom. The number of carbonyl (C=O) groups excluding carboxylic acids is 2. The monoisotopic (exact) mass is 323 g/mol. The number of thioether (sulfide) groups is 1. The third-order valence-electron chi connectivity index (χ3n) is 3.32. The zero-order chi connectivity index (χ0) is 15.9. The van der Waals surface area contributed by atoms with Gasteiger partial charge in [-0.25, -0.2) is 4.98 Å². The highest BCUT2D eigenvalue weighted by molar-refractivity contribution is 8.14. The molecule has 1 aliphatic heterocycles. The lowest BCUT2D eigenvalue weighted by atomic mass is 10.0. The van der Waals surface area contributed by atoms with Gasteiger partial charge < -0.3 is 14.6 Å². The van der Waals surface area contributed by atoms with Gasteiger partial charge in [-0.2, -0.15) is 0 Å².